The summed E-state index contributed by atoms with van der Waals surface area (Å²) in [6.45, 7) is 4.56. The highest BCUT2D eigenvalue weighted by atomic mass is 16.5. The van der Waals surface area contributed by atoms with Crippen molar-refractivity contribution in [2.24, 2.45) is 0 Å². The van der Waals surface area contributed by atoms with Gasteiger partial charge in [-0.05, 0) is 25.8 Å². The van der Waals surface area contributed by atoms with Gasteiger partial charge in [-0.15, -0.1) is 0 Å². The number of methoxy groups -OCH3 is 1. The topological polar surface area (TPSA) is 60.2 Å². The number of ether oxygens (including phenoxy) is 1. The molecule has 0 aliphatic carbocycles. The van der Waals surface area contributed by atoms with Gasteiger partial charge in [0.05, 0.1) is 13.7 Å². The summed E-state index contributed by atoms with van der Waals surface area (Å²) in [5.41, 5.74) is 0. The van der Waals surface area contributed by atoms with Gasteiger partial charge in [0.2, 0.25) is 0 Å². The molecule has 0 saturated carbocycles. The lowest BCUT2D eigenvalue weighted by Gasteiger charge is -2.33. The molecule has 0 aromatic carbocycles. The molecule has 0 spiro atoms. The number of piperidine rings is 1. The Morgan fingerprint density at radius 2 is 2.37 bits per heavy atom. The molecule has 1 aliphatic rings. The van der Waals surface area contributed by atoms with Gasteiger partial charge >= 0.3 is 5.97 Å². The summed E-state index contributed by atoms with van der Waals surface area (Å²) in [7, 11) is 1.45. The first kappa shape index (κ1) is 14.0. The lowest BCUT2D eigenvalue weighted by molar-refractivity contribution is -0.148. The number of aryl methyl sites for hydroxylation is 1. The van der Waals surface area contributed by atoms with Crippen LogP contribution in [0, 0.1) is 0 Å². The number of carbonyl (C=O) groups is 1. The second-order valence-corrected chi connectivity index (χ2v) is 4.90. The zero-order valence-corrected chi connectivity index (χ0v) is 11.7. The summed E-state index contributed by atoms with van der Waals surface area (Å²) in [4.78, 5) is 18.3. The second-order valence-electron chi connectivity index (χ2n) is 4.90. The molecule has 1 aromatic heterocycles. The van der Waals surface area contributed by atoms with Crippen LogP contribution in [0.25, 0.3) is 0 Å². The Hall–Kier alpha value is -1.43. The molecule has 6 nitrogen and oxygen atoms in total. The molecule has 1 saturated heterocycles. The van der Waals surface area contributed by atoms with Crippen molar-refractivity contribution in [3.05, 3.63) is 12.2 Å². The summed E-state index contributed by atoms with van der Waals surface area (Å²) in [5.74, 6) is 0.791. The van der Waals surface area contributed by atoms with E-state index < -0.39 is 0 Å². The number of aromatic nitrogens is 3. The van der Waals surface area contributed by atoms with Crippen LogP contribution in [-0.4, -0.2) is 45.3 Å². The number of esters is 1. The molecule has 0 amide bonds. The number of nitrogens with zero attached hydrogens (tertiary/aromatic N) is 4. The minimum atomic E-state index is -0.138. The van der Waals surface area contributed by atoms with Crippen LogP contribution in [0.3, 0.4) is 0 Å². The molecular formula is C13H22N4O2. The average Bonchev–Trinajstić information content (AvgIpc) is 2.86. The Labute approximate surface area is 113 Å². The molecule has 2 heterocycles. The number of hydrogen-bond donors (Lipinski definition) is 0. The molecule has 1 aromatic rings. The third-order valence-electron chi connectivity index (χ3n) is 3.56. The van der Waals surface area contributed by atoms with Gasteiger partial charge < -0.3 is 4.74 Å². The van der Waals surface area contributed by atoms with Gasteiger partial charge in [0.15, 0.2) is 0 Å². The van der Waals surface area contributed by atoms with Crippen LogP contribution >= 0.6 is 0 Å². The molecule has 2 rings (SSSR count). The fourth-order valence-electron chi connectivity index (χ4n) is 2.57. The van der Waals surface area contributed by atoms with Crippen molar-refractivity contribution in [3.8, 4) is 0 Å². The molecule has 0 N–H and O–H groups in total. The molecule has 0 bridgehead atoms. The third kappa shape index (κ3) is 3.32. The van der Waals surface area contributed by atoms with Gasteiger partial charge in [-0.1, -0.05) is 13.3 Å². The highest BCUT2D eigenvalue weighted by Gasteiger charge is 2.30. The zero-order valence-electron chi connectivity index (χ0n) is 11.7. The van der Waals surface area contributed by atoms with E-state index in [1.54, 1.807) is 6.33 Å². The molecule has 1 unspecified atom stereocenters. The Bertz CT molecular complexity index is 419. The number of carbonyl (C=O) groups excluding carboxylic acids is 1. The van der Waals surface area contributed by atoms with E-state index in [-0.39, 0.29) is 12.0 Å². The first-order valence-electron chi connectivity index (χ1n) is 6.94. The molecule has 1 aliphatic heterocycles. The highest BCUT2D eigenvalue weighted by Crippen LogP contribution is 2.20. The van der Waals surface area contributed by atoms with Crippen LogP contribution < -0.4 is 0 Å². The lowest BCUT2D eigenvalue weighted by atomic mass is 10.0. The van der Waals surface area contributed by atoms with E-state index in [1.807, 2.05) is 4.68 Å². The maximum absolute atomic E-state index is 11.8. The van der Waals surface area contributed by atoms with Crippen molar-refractivity contribution >= 4 is 5.97 Å². The maximum atomic E-state index is 11.8. The predicted octanol–water partition coefficient (Wildman–Crippen LogP) is 1.22. The van der Waals surface area contributed by atoms with Crippen molar-refractivity contribution in [2.45, 2.75) is 51.7 Å². The standard InChI is InChI=1S/C13H22N4O2/c1-3-7-17-12(14-10-15-17)9-16-8-5-4-6-11(16)13(18)19-2/h10-11H,3-9H2,1-2H3. The second kappa shape index (κ2) is 6.65. The smallest absolute Gasteiger partial charge is 0.323 e. The normalized spacial score (nSPS) is 20.4. The summed E-state index contributed by atoms with van der Waals surface area (Å²) in [6, 6.07) is -0.134. The average molecular weight is 266 g/mol. The van der Waals surface area contributed by atoms with Crippen LogP contribution in [-0.2, 0) is 22.6 Å². The molecule has 1 fully saturated rings. The monoisotopic (exact) mass is 266 g/mol. The fourth-order valence-corrected chi connectivity index (χ4v) is 2.57. The van der Waals surface area contributed by atoms with Crippen molar-refractivity contribution in [3.63, 3.8) is 0 Å². The summed E-state index contributed by atoms with van der Waals surface area (Å²) in [5, 5.41) is 4.22. The predicted molar refractivity (Wildman–Crippen MR) is 70.4 cm³/mol. The Morgan fingerprint density at radius 3 is 3.11 bits per heavy atom. The number of hydrogen-bond acceptors (Lipinski definition) is 5. The van der Waals surface area contributed by atoms with Gasteiger partial charge in [-0.3, -0.25) is 9.69 Å². The van der Waals surface area contributed by atoms with E-state index in [9.17, 15) is 4.79 Å². The van der Waals surface area contributed by atoms with E-state index in [1.165, 1.54) is 7.11 Å². The fraction of sp³-hybridized carbons (Fsp3) is 0.769. The Kier molecular flexibility index (Phi) is 4.90. The largest absolute Gasteiger partial charge is 0.468 e. The number of likely N-dealkylation sites (tertiary alicyclic amines) is 1. The van der Waals surface area contributed by atoms with Crippen LogP contribution in [0.5, 0.6) is 0 Å². The van der Waals surface area contributed by atoms with Crippen LogP contribution in [0.4, 0.5) is 0 Å². The summed E-state index contributed by atoms with van der Waals surface area (Å²) < 4.78 is 6.81. The first-order chi connectivity index (χ1) is 9.26. The van der Waals surface area contributed by atoms with Gasteiger partial charge in [0, 0.05) is 6.54 Å². The molecule has 19 heavy (non-hydrogen) atoms. The van der Waals surface area contributed by atoms with E-state index in [4.69, 9.17) is 4.74 Å². The van der Waals surface area contributed by atoms with E-state index in [0.717, 1.165) is 44.6 Å². The zero-order chi connectivity index (χ0) is 13.7. The minimum absolute atomic E-state index is 0.134. The summed E-state index contributed by atoms with van der Waals surface area (Å²) >= 11 is 0. The van der Waals surface area contributed by atoms with Gasteiger partial charge in [-0.25, -0.2) is 9.67 Å². The SMILES string of the molecule is CCCn1ncnc1CN1CCCCC1C(=O)OC. The lowest BCUT2D eigenvalue weighted by Crippen LogP contribution is -2.45. The van der Waals surface area contributed by atoms with Crippen molar-refractivity contribution in [1.29, 1.82) is 0 Å². The van der Waals surface area contributed by atoms with Crippen LogP contribution in [0.1, 0.15) is 38.4 Å². The first-order valence-corrected chi connectivity index (χ1v) is 6.94. The summed E-state index contributed by atoms with van der Waals surface area (Å²) in [6.07, 6.45) is 5.68. The number of rotatable bonds is 5. The van der Waals surface area contributed by atoms with E-state index in [2.05, 4.69) is 21.9 Å². The van der Waals surface area contributed by atoms with Crippen molar-refractivity contribution in [2.75, 3.05) is 13.7 Å². The van der Waals surface area contributed by atoms with Crippen molar-refractivity contribution < 1.29 is 9.53 Å². The molecule has 6 heteroatoms. The molecule has 1 atom stereocenters. The van der Waals surface area contributed by atoms with Crippen LogP contribution in [0.2, 0.25) is 0 Å². The van der Waals surface area contributed by atoms with E-state index >= 15 is 0 Å². The molecular weight excluding hydrogens is 244 g/mol. The Morgan fingerprint density at radius 1 is 1.53 bits per heavy atom. The highest BCUT2D eigenvalue weighted by molar-refractivity contribution is 5.75. The van der Waals surface area contributed by atoms with Crippen molar-refractivity contribution in [1.82, 2.24) is 19.7 Å². The third-order valence-corrected chi connectivity index (χ3v) is 3.56. The molecule has 0 radical (unpaired) electrons. The van der Waals surface area contributed by atoms with Gasteiger partial charge in [-0.2, -0.15) is 5.10 Å². The maximum Gasteiger partial charge on any atom is 0.323 e. The van der Waals surface area contributed by atoms with Gasteiger partial charge in [0.25, 0.3) is 0 Å². The minimum Gasteiger partial charge on any atom is -0.468 e. The molecule has 106 valence electrons. The Balaban J connectivity index is 2.06. The van der Waals surface area contributed by atoms with Gasteiger partial charge in [0.1, 0.15) is 18.2 Å². The quantitative estimate of drug-likeness (QED) is 0.750. The van der Waals surface area contributed by atoms with Crippen LogP contribution in [0.15, 0.2) is 6.33 Å². The van der Waals surface area contributed by atoms with E-state index in [0.29, 0.717) is 6.54 Å².